The number of rotatable bonds is 9. The Kier molecular flexibility index (Phi) is 15.5. The first kappa shape index (κ1) is 33.0. The van der Waals surface area contributed by atoms with Gasteiger partial charge in [0.15, 0.2) is 0 Å². The highest BCUT2D eigenvalue weighted by atomic mass is 35.5. The van der Waals surface area contributed by atoms with Crippen LogP contribution in [0.2, 0.25) is 10.3 Å². The van der Waals surface area contributed by atoms with Crippen LogP contribution in [-0.2, 0) is 19.4 Å². The Labute approximate surface area is 226 Å². The molecule has 3 rings (SSSR count). The van der Waals surface area contributed by atoms with Gasteiger partial charge in [0.1, 0.15) is 10.3 Å². The minimum atomic E-state index is -0.585. The lowest BCUT2D eigenvalue weighted by atomic mass is 10.1. The van der Waals surface area contributed by atoms with Gasteiger partial charge < -0.3 is 11.1 Å². The normalized spacial score (nSPS) is 10.6. The van der Waals surface area contributed by atoms with Gasteiger partial charge in [0.2, 0.25) is 0 Å². The molecule has 0 bridgehead atoms. The van der Waals surface area contributed by atoms with Crippen molar-refractivity contribution in [3.8, 4) is 0 Å². The Balaban J connectivity index is 0.000000714. The molecule has 0 saturated carbocycles. The van der Waals surface area contributed by atoms with Crippen LogP contribution in [0.1, 0.15) is 31.5 Å². The van der Waals surface area contributed by atoms with Crippen LogP contribution in [-0.4, -0.2) is 19.8 Å². The number of nitrogens with two attached hydrogens (primary N) is 1. The van der Waals surface area contributed by atoms with Crippen LogP contribution in [0, 0.1) is 20.2 Å². The van der Waals surface area contributed by atoms with E-state index in [0.29, 0.717) is 35.4 Å². The zero-order valence-corrected chi connectivity index (χ0v) is 19.9. The van der Waals surface area contributed by atoms with Crippen molar-refractivity contribution in [1.29, 1.82) is 0 Å². The predicted octanol–water partition coefficient (Wildman–Crippen LogP) is 5.81. The van der Waals surface area contributed by atoms with E-state index in [4.69, 9.17) is 28.9 Å². The number of hydrogen-bond acceptors (Lipinski definition) is 8. The van der Waals surface area contributed by atoms with Crippen LogP contribution in [0.4, 0.5) is 0 Å². The fraction of sp³-hybridized carbons (Fsp3) is 0.200. The third-order valence-corrected chi connectivity index (χ3v) is 4.72. The Morgan fingerprint density at radius 1 is 0.811 bits per heavy atom. The summed E-state index contributed by atoms with van der Waals surface area (Å²) in [4.78, 5) is 27.5. The number of aromatic nitrogens is 2. The second-order valence-corrected chi connectivity index (χ2v) is 7.87. The van der Waals surface area contributed by atoms with Gasteiger partial charge in [0.05, 0.1) is 21.2 Å². The molecule has 0 unspecified atom stereocenters. The first-order valence-electron chi connectivity index (χ1n) is 10.1. The number of pyridine rings is 2. The highest BCUT2D eigenvalue weighted by Crippen LogP contribution is 2.10. The quantitative estimate of drug-likeness (QED) is 0.193. The van der Waals surface area contributed by atoms with Crippen molar-refractivity contribution in [2.75, 3.05) is 0 Å². The Hall–Kier alpha value is -4.02. The number of allylic oxidation sites excluding steroid dienone is 2. The molecule has 0 atom stereocenters. The van der Waals surface area contributed by atoms with Crippen LogP contribution in [0.3, 0.4) is 0 Å². The lowest BCUT2D eigenvalue weighted by molar-refractivity contribution is -0.403. The zero-order valence-electron chi connectivity index (χ0n) is 18.4. The molecular weight excluding hydrogens is 519 g/mol. The van der Waals surface area contributed by atoms with E-state index in [-0.39, 0.29) is 20.6 Å². The molecule has 1 aromatic carbocycles. The van der Waals surface area contributed by atoms with Gasteiger partial charge in [0.25, 0.3) is 12.4 Å². The molecule has 10 nitrogen and oxygen atoms in total. The number of benzene rings is 1. The second-order valence-electron chi connectivity index (χ2n) is 7.10. The third-order valence-electron chi connectivity index (χ3n) is 4.27. The first-order chi connectivity index (χ1) is 16.7. The van der Waals surface area contributed by atoms with E-state index in [2.05, 4.69) is 15.3 Å². The number of nitrogens with one attached hydrogen (secondary N) is 1. The van der Waals surface area contributed by atoms with Crippen molar-refractivity contribution in [2.45, 2.75) is 34.2 Å². The maximum absolute atomic E-state index is 10.7. The van der Waals surface area contributed by atoms with Crippen molar-refractivity contribution in [3.05, 3.63) is 138 Å². The standard InChI is InChI=1S/C15H14ClN3O2.C8H8ClN3O2.2CH4/c16-15-7-6-13(10-18-15)8-14(11-19(20)21)17-9-12-4-2-1-3-5-12;9-8-2-1-6(4-11-8)3-7(10)5-12(13)14;;/h1-7,10-11,17H,8-9H2;1-2,4-5H,3,10H2;2*1H4/b14-11-;7-5-;;. The molecule has 0 spiro atoms. The van der Waals surface area contributed by atoms with Crippen LogP contribution in [0.25, 0.3) is 0 Å². The summed E-state index contributed by atoms with van der Waals surface area (Å²) in [5.74, 6) is 0. The van der Waals surface area contributed by atoms with Crippen molar-refractivity contribution in [2.24, 2.45) is 5.73 Å². The summed E-state index contributed by atoms with van der Waals surface area (Å²) < 4.78 is 0. The molecule has 2 aromatic heterocycles. The minimum Gasteiger partial charge on any atom is -0.397 e. The van der Waals surface area contributed by atoms with Crippen LogP contribution in [0.15, 0.2) is 90.8 Å². The summed E-state index contributed by atoms with van der Waals surface area (Å²) >= 11 is 11.3. The molecule has 3 aromatic rings. The maximum Gasteiger partial charge on any atom is 0.253 e. The van der Waals surface area contributed by atoms with Crippen molar-refractivity contribution >= 4 is 23.2 Å². The van der Waals surface area contributed by atoms with Gasteiger partial charge in [-0.05, 0) is 28.8 Å². The van der Waals surface area contributed by atoms with Crippen LogP contribution < -0.4 is 11.1 Å². The van der Waals surface area contributed by atoms with E-state index in [1.807, 2.05) is 30.3 Å². The van der Waals surface area contributed by atoms with E-state index in [1.54, 1.807) is 30.5 Å². The van der Waals surface area contributed by atoms with Gasteiger partial charge in [-0.15, -0.1) is 0 Å². The SMILES string of the molecule is C.C.N/C(=C\[N+](=O)[O-])Cc1ccc(Cl)nc1.O=[N+]([O-])/C=C(/Cc1ccc(Cl)nc1)NCc1ccccc1. The summed E-state index contributed by atoms with van der Waals surface area (Å²) in [6.45, 7) is 0.529. The molecular formula is C25H30Cl2N6O4. The van der Waals surface area contributed by atoms with E-state index >= 15 is 0 Å². The Morgan fingerprint density at radius 2 is 1.32 bits per heavy atom. The van der Waals surface area contributed by atoms with E-state index < -0.39 is 9.85 Å². The summed E-state index contributed by atoms with van der Waals surface area (Å²) in [5.41, 5.74) is 8.80. The molecule has 0 radical (unpaired) electrons. The van der Waals surface area contributed by atoms with Crippen LogP contribution >= 0.6 is 23.2 Å². The van der Waals surface area contributed by atoms with Gasteiger partial charge in [-0.25, -0.2) is 9.97 Å². The topological polar surface area (TPSA) is 150 Å². The van der Waals surface area contributed by atoms with Crippen molar-refractivity contribution in [3.63, 3.8) is 0 Å². The lowest BCUT2D eigenvalue weighted by Gasteiger charge is -2.09. The number of halogens is 2. The van der Waals surface area contributed by atoms with E-state index in [9.17, 15) is 20.2 Å². The Bertz CT molecular complexity index is 1170. The average molecular weight is 549 g/mol. The highest BCUT2D eigenvalue weighted by Gasteiger charge is 2.06. The summed E-state index contributed by atoms with van der Waals surface area (Å²) in [7, 11) is 0. The predicted molar refractivity (Wildman–Crippen MR) is 147 cm³/mol. The molecule has 0 saturated heterocycles. The van der Waals surface area contributed by atoms with Gasteiger partial charge in [0, 0.05) is 31.8 Å². The second kappa shape index (κ2) is 17.4. The van der Waals surface area contributed by atoms with Crippen molar-refractivity contribution < 1.29 is 9.85 Å². The van der Waals surface area contributed by atoms with E-state index in [0.717, 1.165) is 29.1 Å². The molecule has 0 amide bonds. The zero-order chi connectivity index (χ0) is 25.6. The number of nitrogens with zero attached hydrogens (tertiary/aromatic N) is 4. The van der Waals surface area contributed by atoms with Gasteiger partial charge >= 0.3 is 0 Å². The van der Waals surface area contributed by atoms with Gasteiger partial charge in [-0.3, -0.25) is 20.2 Å². The molecule has 12 heteroatoms. The Morgan fingerprint density at radius 3 is 1.78 bits per heavy atom. The molecule has 37 heavy (non-hydrogen) atoms. The number of hydrogen-bond donors (Lipinski definition) is 2. The number of nitro groups is 2. The van der Waals surface area contributed by atoms with E-state index in [1.165, 1.54) is 6.20 Å². The largest absolute Gasteiger partial charge is 0.397 e. The molecule has 0 aliphatic carbocycles. The lowest BCUT2D eigenvalue weighted by Crippen LogP contribution is -2.16. The molecule has 0 fully saturated rings. The fourth-order valence-corrected chi connectivity index (χ4v) is 2.97. The van der Waals surface area contributed by atoms with Crippen molar-refractivity contribution in [1.82, 2.24) is 15.3 Å². The first-order valence-corrected chi connectivity index (χ1v) is 10.9. The van der Waals surface area contributed by atoms with Gasteiger partial charge in [-0.2, -0.15) is 0 Å². The highest BCUT2D eigenvalue weighted by molar-refractivity contribution is 6.29. The third kappa shape index (κ3) is 14.2. The van der Waals surface area contributed by atoms with Gasteiger partial charge in [-0.1, -0.05) is 80.5 Å². The molecule has 2 heterocycles. The smallest absolute Gasteiger partial charge is 0.253 e. The minimum absolute atomic E-state index is 0. The summed E-state index contributed by atoms with van der Waals surface area (Å²) in [5, 5.41) is 24.7. The summed E-state index contributed by atoms with van der Waals surface area (Å²) in [6.07, 6.45) is 5.60. The monoisotopic (exact) mass is 548 g/mol. The fourth-order valence-electron chi connectivity index (χ4n) is 2.75. The summed E-state index contributed by atoms with van der Waals surface area (Å²) in [6, 6.07) is 16.5. The molecule has 198 valence electrons. The average Bonchev–Trinajstić information content (AvgIpc) is 2.81. The molecule has 3 N–H and O–H groups in total. The molecule has 0 aliphatic rings. The maximum atomic E-state index is 10.7. The molecule has 0 aliphatic heterocycles. The van der Waals surface area contributed by atoms with Crippen LogP contribution in [0.5, 0.6) is 0 Å².